The average molecular weight is 383 g/mol. The second-order valence-corrected chi connectivity index (χ2v) is 8.37. The standard InChI is InChI=1S/C12H13BrClNO4S/c1-19-11-4-9(13)3-10(5-11)15-6-8(2-12(15)16)7-20(14,17)18/h3-5,8H,2,6-7H2,1H3. The van der Waals surface area contributed by atoms with Crippen LogP contribution in [0, 0.1) is 5.92 Å². The number of hydrogen-bond donors (Lipinski definition) is 0. The summed E-state index contributed by atoms with van der Waals surface area (Å²) < 4.78 is 28.1. The summed E-state index contributed by atoms with van der Waals surface area (Å²) in [7, 11) is 3.19. The van der Waals surface area contributed by atoms with Crippen molar-refractivity contribution in [3.63, 3.8) is 0 Å². The van der Waals surface area contributed by atoms with Gasteiger partial charge in [-0.1, -0.05) is 15.9 Å². The van der Waals surface area contributed by atoms with Crippen LogP contribution in [0.2, 0.25) is 0 Å². The zero-order valence-corrected chi connectivity index (χ0v) is 13.8. The van der Waals surface area contributed by atoms with Crippen LogP contribution in [0.4, 0.5) is 5.69 Å². The van der Waals surface area contributed by atoms with Crippen LogP contribution in [0.15, 0.2) is 22.7 Å². The maximum absolute atomic E-state index is 12.0. The van der Waals surface area contributed by atoms with Gasteiger partial charge in [-0.05, 0) is 12.1 Å². The molecule has 110 valence electrons. The Morgan fingerprint density at radius 1 is 1.45 bits per heavy atom. The van der Waals surface area contributed by atoms with E-state index in [2.05, 4.69) is 15.9 Å². The third kappa shape index (κ3) is 3.86. The molecule has 0 saturated carbocycles. The minimum atomic E-state index is -3.60. The molecule has 2 rings (SSSR count). The predicted octanol–water partition coefficient (Wildman–Crippen LogP) is 2.38. The van der Waals surface area contributed by atoms with Crippen molar-refractivity contribution in [1.29, 1.82) is 0 Å². The minimum Gasteiger partial charge on any atom is -0.497 e. The highest BCUT2D eigenvalue weighted by Gasteiger charge is 2.33. The lowest BCUT2D eigenvalue weighted by atomic mass is 10.1. The maximum Gasteiger partial charge on any atom is 0.232 e. The highest BCUT2D eigenvalue weighted by molar-refractivity contribution is 9.10. The van der Waals surface area contributed by atoms with Gasteiger partial charge >= 0.3 is 0 Å². The van der Waals surface area contributed by atoms with Gasteiger partial charge in [-0.2, -0.15) is 0 Å². The predicted molar refractivity (Wildman–Crippen MR) is 80.8 cm³/mol. The van der Waals surface area contributed by atoms with E-state index in [-0.39, 0.29) is 24.0 Å². The van der Waals surface area contributed by atoms with E-state index in [9.17, 15) is 13.2 Å². The Morgan fingerprint density at radius 2 is 2.15 bits per heavy atom. The number of benzene rings is 1. The molecule has 8 heteroatoms. The molecule has 1 unspecified atom stereocenters. The lowest BCUT2D eigenvalue weighted by Gasteiger charge is -2.18. The molecule has 0 bridgehead atoms. The second-order valence-electron chi connectivity index (χ2n) is 4.63. The molecule has 1 aliphatic rings. The second kappa shape index (κ2) is 5.91. The molecule has 1 atom stereocenters. The van der Waals surface area contributed by atoms with Crippen molar-refractivity contribution < 1.29 is 17.9 Å². The molecular formula is C12H13BrClNO4S. The summed E-state index contributed by atoms with van der Waals surface area (Å²) in [6, 6.07) is 5.31. The number of hydrogen-bond acceptors (Lipinski definition) is 4. The number of nitrogens with zero attached hydrogens (tertiary/aromatic N) is 1. The minimum absolute atomic E-state index is 0.115. The zero-order chi connectivity index (χ0) is 14.9. The number of halogens is 2. The maximum atomic E-state index is 12.0. The van der Waals surface area contributed by atoms with E-state index in [0.717, 1.165) is 4.47 Å². The van der Waals surface area contributed by atoms with Gasteiger partial charge in [0.15, 0.2) is 0 Å². The Hall–Kier alpha value is -0.790. The van der Waals surface area contributed by atoms with Crippen LogP contribution in [0.25, 0.3) is 0 Å². The lowest BCUT2D eigenvalue weighted by molar-refractivity contribution is -0.117. The number of carbonyl (C=O) groups excluding carboxylic acids is 1. The molecule has 20 heavy (non-hydrogen) atoms. The van der Waals surface area contributed by atoms with Crippen molar-refractivity contribution in [2.24, 2.45) is 5.92 Å². The Labute approximate surface area is 130 Å². The van der Waals surface area contributed by atoms with Gasteiger partial charge in [-0.15, -0.1) is 0 Å². The van der Waals surface area contributed by atoms with Crippen molar-refractivity contribution in [2.45, 2.75) is 6.42 Å². The van der Waals surface area contributed by atoms with Crippen LogP contribution in [0.1, 0.15) is 6.42 Å². The van der Waals surface area contributed by atoms with Gasteiger partial charge in [0, 0.05) is 45.8 Å². The van der Waals surface area contributed by atoms with E-state index >= 15 is 0 Å². The van der Waals surface area contributed by atoms with E-state index in [1.54, 1.807) is 30.2 Å². The van der Waals surface area contributed by atoms with E-state index in [0.29, 0.717) is 18.0 Å². The largest absolute Gasteiger partial charge is 0.497 e. The third-order valence-electron chi connectivity index (χ3n) is 3.04. The molecule has 0 N–H and O–H groups in total. The zero-order valence-electron chi connectivity index (χ0n) is 10.7. The molecule has 0 spiro atoms. The monoisotopic (exact) mass is 381 g/mol. The number of amides is 1. The molecule has 1 aromatic carbocycles. The van der Waals surface area contributed by atoms with E-state index in [4.69, 9.17) is 15.4 Å². The molecule has 0 aromatic heterocycles. The van der Waals surface area contributed by atoms with E-state index in [1.165, 1.54) is 0 Å². The fourth-order valence-electron chi connectivity index (χ4n) is 2.25. The molecule has 0 radical (unpaired) electrons. The summed E-state index contributed by atoms with van der Waals surface area (Å²) in [6.45, 7) is 0.338. The van der Waals surface area contributed by atoms with Gasteiger partial charge in [0.25, 0.3) is 0 Å². The van der Waals surface area contributed by atoms with E-state index in [1.807, 2.05) is 0 Å². The summed E-state index contributed by atoms with van der Waals surface area (Å²) in [5, 5.41) is 0. The van der Waals surface area contributed by atoms with Crippen molar-refractivity contribution in [1.82, 2.24) is 0 Å². The van der Waals surface area contributed by atoms with Crippen LogP contribution >= 0.6 is 26.6 Å². The molecule has 5 nitrogen and oxygen atoms in total. The Balaban J connectivity index is 2.21. The smallest absolute Gasteiger partial charge is 0.232 e. The summed E-state index contributed by atoms with van der Waals surface area (Å²) >= 11 is 3.35. The first kappa shape index (κ1) is 15.6. The SMILES string of the molecule is COc1cc(Br)cc(N2CC(CS(=O)(=O)Cl)CC2=O)c1. The van der Waals surface area contributed by atoms with Gasteiger partial charge in [-0.25, -0.2) is 8.42 Å². The quantitative estimate of drug-likeness (QED) is 0.750. The fraction of sp³-hybridized carbons (Fsp3) is 0.417. The van der Waals surface area contributed by atoms with Crippen LogP contribution < -0.4 is 9.64 Å². The summed E-state index contributed by atoms with van der Waals surface area (Å²) in [5.41, 5.74) is 0.677. The number of carbonyl (C=O) groups is 1. The van der Waals surface area contributed by atoms with Gasteiger partial charge in [0.05, 0.1) is 12.9 Å². The Bertz CT molecular complexity index is 634. The van der Waals surface area contributed by atoms with Gasteiger partial charge in [-0.3, -0.25) is 4.79 Å². The fourth-order valence-corrected chi connectivity index (χ4v) is 4.03. The normalized spacial score (nSPS) is 19.4. The van der Waals surface area contributed by atoms with Crippen molar-refractivity contribution >= 4 is 47.3 Å². The van der Waals surface area contributed by atoms with Crippen LogP contribution in [-0.4, -0.2) is 33.7 Å². The van der Waals surface area contributed by atoms with Crippen molar-refractivity contribution in [3.8, 4) is 5.75 Å². The Kier molecular flexibility index (Phi) is 4.61. The third-order valence-corrected chi connectivity index (χ3v) is 4.75. The topological polar surface area (TPSA) is 63.7 Å². The molecule has 1 heterocycles. The lowest BCUT2D eigenvalue weighted by Crippen LogP contribution is -2.25. The van der Waals surface area contributed by atoms with E-state index < -0.39 is 9.05 Å². The molecule has 1 saturated heterocycles. The highest BCUT2D eigenvalue weighted by Crippen LogP contribution is 2.32. The molecule has 1 aromatic rings. The average Bonchev–Trinajstić information content (AvgIpc) is 2.66. The molecule has 1 fully saturated rings. The number of anilines is 1. The molecule has 0 aliphatic carbocycles. The number of methoxy groups -OCH3 is 1. The highest BCUT2D eigenvalue weighted by atomic mass is 79.9. The van der Waals surface area contributed by atoms with Crippen LogP contribution in [0.3, 0.4) is 0 Å². The van der Waals surface area contributed by atoms with Crippen LogP contribution in [-0.2, 0) is 13.8 Å². The summed E-state index contributed by atoms with van der Waals surface area (Å²) in [6.07, 6.45) is 0.181. The van der Waals surface area contributed by atoms with Crippen molar-refractivity contribution in [2.75, 3.05) is 24.3 Å². The molecule has 1 amide bonds. The van der Waals surface area contributed by atoms with Gasteiger partial charge < -0.3 is 9.64 Å². The molecule has 1 aliphatic heterocycles. The first-order valence-electron chi connectivity index (χ1n) is 5.86. The molecular weight excluding hydrogens is 370 g/mol. The van der Waals surface area contributed by atoms with Gasteiger partial charge in [0.2, 0.25) is 15.0 Å². The van der Waals surface area contributed by atoms with Crippen LogP contribution in [0.5, 0.6) is 5.75 Å². The van der Waals surface area contributed by atoms with Crippen molar-refractivity contribution in [3.05, 3.63) is 22.7 Å². The summed E-state index contributed by atoms with van der Waals surface area (Å²) in [5.74, 6) is 0.0307. The number of ether oxygens (including phenoxy) is 1. The first-order valence-corrected chi connectivity index (χ1v) is 9.13. The Morgan fingerprint density at radius 3 is 2.75 bits per heavy atom. The number of rotatable bonds is 4. The summed E-state index contributed by atoms with van der Waals surface area (Å²) in [4.78, 5) is 13.6. The van der Waals surface area contributed by atoms with Gasteiger partial charge in [0.1, 0.15) is 5.75 Å². The first-order chi connectivity index (χ1) is 9.28.